The van der Waals surface area contributed by atoms with Gasteiger partial charge in [-0.15, -0.1) is 0 Å². The van der Waals surface area contributed by atoms with Crippen molar-refractivity contribution < 1.29 is 26.6 Å². The van der Waals surface area contributed by atoms with E-state index < -0.39 is 5.91 Å². The minimum atomic E-state index is -0.431. The molecule has 33 heavy (non-hydrogen) atoms. The number of nitrogen functional groups attached to an aromatic ring is 1. The molecule has 0 saturated carbocycles. The molecule has 0 saturated heterocycles. The molecule has 10 heteroatoms. The van der Waals surface area contributed by atoms with Gasteiger partial charge in [-0.1, -0.05) is 60.1 Å². The number of anilines is 1. The molecule has 0 atom stereocenters. The number of nitrogens with zero attached hydrogens (tertiary/aromatic N) is 2. The number of benzene rings is 3. The van der Waals surface area contributed by atoms with Gasteiger partial charge in [0, 0.05) is 35.8 Å². The summed E-state index contributed by atoms with van der Waals surface area (Å²) < 4.78 is 10.6. The molecule has 0 fully saturated rings. The van der Waals surface area contributed by atoms with Crippen LogP contribution in [0.1, 0.15) is 21.6 Å². The quantitative estimate of drug-likeness (QED) is 0.296. The number of hydrogen-bond donors (Lipinski definition) is 3. The predicted octanol–water partition coefficient (Wildman–Crippen LogP) is 0.561. The fourth-order valence-electron chi connectivity index (χ4n) is 3.32. The third-order valence-corrected chi connectivity index (χ3v) is 5.33. The predicted molar refractivity (Wildman–Crippen MR) is 122 cm³/mol. The van der Waals surface area contributed by atoms with E-state index in [1.807, 2.05) is 48.5 Å². The maximum absolute atomic E-state index is 12.0. The molecule has 172 valence electrons. The number of carbonyl (C=O) groups is 1. The number of hydrogen-bond acceptors (Lipinski definition) is 7. The summed E-state index contributed by atoms with van der Waals surface area (Å²) >= 11 is 6.27. The molecular weight excluding hydrogens is 465 g/mol. The Morgan fingerprint density at radius 3 is 2.61 bits per heavy atom. The summed E-state index contributed by atoms with van der Waals surface area (Å²) in [6, 6.07) is 19.8. The topological polar surface area (TPSA) is 115 Å². The minimum absolute atomic E-state index is 0. The van der Waals surface area contributed by atoms with Gasteiger partial charge in [-0.25, -0.2) is 4.63 Å². The van der Waals surface area contributed by atoms with Crippen LogP contribution in [0, 0.1) is 0 Å². The van der Waals surface area contributed by atoms with Crippen molar-refractivity contribution in [2.75, 3.05) is 18.8 Å². The van der Waals surface area contributed by atoms with Gasteiger partial charge in [-0.2, -0.15) is 0 Å². The third-order valence-electron chi connectivity index (χ3n) is 4.96. The van der Waals surface area contributed by atoms with Gasteiger partial charge >= 0.3 is 0 Å². The second kappa shape index (κ2) is 11.5. The first-order valence-corrected chi connectivity index (χ1v) is 10.4. The lowest BCUT2D eigenvalue weighted by Crippen LogP contribution is -3.00. The van der Waals surface area contributed by atoms with E-state index in [1.54, 1.807) is 0 Å². The highest BCUT2D eigenvalue weighted by Crippen LogP contribution is 2.29. The van der Waals surface area contributed by atoms with Crippen molar-refractivity contribution in [3.05, 3.63) is 82.5 Å². The number of aromatic nitrogens is 2. The molecule has 4 aromatic rings. The highest BCUT2D eigenvalue weighted by atomic mass is 35.5. The van der Waals surface area contributed by atoms with Gasteiger partial charge in [0.15, 0.2) is 0 Å². The number of amides is 1. The summed E-state index contributed by atoms with van der Waals surface area (Å²) in [5.41, 5.74) is 7.47. The number of nitrogens with one attached hydrogen (secondary N) is 2. The number of carbonyl (C=O) groups excluding carboxylic acids is 1. The third kappa shape index (κ3) is 5.92. The smallest absolute Gasteiger partial charge is 0.277 e. The number of halogens is 2. The second-order valence-corrected chi connectivity index (χ2v) is 7.48. The minimum Gasteiger partial charge on any atom is -1.00 e. The molecule has 4 N–H and O–H groups in total. The lowest BCUT2D eigenvalue weighted by Gasteiger charge is -2.16. The van der Waals surface area contributed by atoms with E-state index in [4.69, 9.17) is 22.1 Å². The van der Waals surface area contributed by atoms with Crippen molar-refractivity contribution in [3.63, 3.8) is 0 Å². The van der Waals surface area contributed by atoms with Gasteiger partial charge in [-0.3, -0.25) is 4.79 Å². The molecule has 1 amide bonds. The number of nitrogens with two attached hydrogens (primary N) is 1. The van der Waals surface area contributed by atoms with Crippen molar-refractivity contribution >= 4 is 34.1 Å². The van der Waals surface area contributed by atoms with E-state index in [1.165, 1.54) is 0 Å². The first kappa shape index (κ1) is 24.3. The Kier molecular flexibility index (Phi) is 8.48. The average Bonchev–Trinajstić information content (AvgIpc) is 3.24. The fourth-order valence-corrected chi connectivity index (χ4v) is 3.51. The van der Waals surface area contributed by atoms with Crippen LogP contribution < -0.4 is 33.5 Å². The molecule has 0 aliphatic heterocycles. The summed E-state index contributed by atoms with van der Waals surface area (Å²) in [7, 11) is 0. The van der Waals surface area contributed by atoms with Gasteiger partial charge in [-0.05, 0) is 33.2 Å². The van der Waals surface area contributed by atoms with Crippen molar-refractivity contribution in [1.29, 1.82) is 0 Å². The summed E-state index contributed by atoms with van der Waals surface area (Å²) in [5.74, 6) is 0.313. The molecule has 0 aliphatic carbocycles. The number of ether oxygens (including phenoxy) is 1. The van der Waals surface area contributed by atoms with Crippen LogP contribution in [-0.2, 0) is 13.2 Å². The SMILES string of the molecule is Nc1nonc1C(=O)NCCNCc1c(OCc2ccccc2Cl)ccc2ccccc12.[Cl-]. The Bertz CT molecular complexity index is 1230. The molecule has 4 rings (SSSR count). The van der Waals surface area contributed by atoms with E-state index in [0.29, 0.717) is 31.3 Å². The fraction of sp³-hybridized carbons (Fsp3) is 0.174. The van der Waals surface area contributed by atoms with Crippen molar-refractivity contribution in [1.82, 2.24) is 20.9 Å². The average molecular weight is 487 g/mol. The Balaban J connectivity index is 0.00000306. The molecule has 0 radical (unpaired) electrons. The van der Waals surface area contributed by atoms with Crippen LogP contribution in [0.2, 0.25) is 5.02 Å². The van der Waals surface area contributed by atoms with Crippen LogP contribution in [0.15, 0.2) is 65.3 Å². The van der Waals surface area contributed by atoms with Crippen molar-refractivity contribution in [3.8, 4) is 5.75 Å². The largest absolute Gasteiger partial charge is 1.00 e. The highest BCUT2D eigenvalue weighted by Gasteiger charge is 2.15. The van der Waals surface area contributed by atoms with Gasteiger partial charge in [0.1, 0.15) is 12.4 Å². The van der Waals surface area contributed by atoms with Gasteiger partial charge in [0.25, 0.3) is 5.91 Å². The van der Waals surface area contributed by atoms with Crippen LogP contribution in [-0.4, -0.2) is 29.3 Å². The normalized spacial score (nSPS) is 10.6. The van der Waals surface area contributed by atoms with Gasteiger partial charge in [0.05, 0.1) is 0 Å². The van der Waals surface area contributed by atoms with Crippen molar-refractivity contribution in [2.24, 2.45) is 0 Å². The summed E-state index contributed by atoms with van der Waals surface area (Å²) in [6.07, 6.45) is 0. The van der Waals surface area contributed by atoms with E-state index in [0.717, 1.165) is 27.6 Å². The second-order valence-electron chi connectivity index (χ2n) is 7.07. The Morgan fingerprint density at radius 2 is 1.82 bits per heavy atom. The van der Waals surface area contributed by atoms with Crippen LogP contribution in [0.3, 0.4) is 0 Å². The van der Waals surface area contributed by atoms with Gasteiger partial charge in [0.2, 0.25) is 11.5 Å². The maximum atomic E-state index is 12.0. The summed E-state index contributed by atoms with van der Waals surface area (Å²) in [5, 5.41) is 15.9. The lowest BCUT2D eigenvalue weighted by atomic mass is 10.0. The molecule has 8 nitrogen and oxygen atoms in total. The highest BCUT2D eigenvalue weighted by molar-refractivity contribution is 6.31. The molecular formula is C23H22Cl2N5O3-. The Hall–Kier alpha value is -3.33. The molecule has 0 unspecified atom stereocenters. The Labute approximate surface area is 201 Å². The van der Waals surface area contributed by atoms with Crippen LogP contribution in [0.5, 0.6) is 5.75 Å². The van der Waals surface area contributed by atoms with Crippen LogP contribution in [0.25, 0.3) is 10.8 Å². The Morgan fingerprint density at radius 1 is 1.03 bits per heavy atom. The van der Waals surface area contributed by atoms with Gasteiger partial charge < -0.3 is 33.5 Å². The maximum Gasteiger partial charge on any atom is 0.277 e. The van der Waals surface area contributed by atoms with E-state index in [2.05, 4.69) is 37.7 Å². The first-order valence-electron chi connectivity index (χ1n) is 10.1. The zero-order valence-electron chi connectivity index (χ0n) is 17.6. The van der Waals surface area contributed by atoms with Crippen molar-refractivity contribution in [2.45, 2.75) is 13.2 Å². The molecule has 0 aliphatic rings. The zero-order valence-corrected chi connectivity index (χ0v) is 19.1. The molecule has 1 heterocycles. The zero-order chi connectivity index (χ0) is 22.3. The van der Waals surface area contributed by atoms with Crippen LogP contribution in [0.4, 0.5) is 5.82 Å². The lowest BCUT2D eigenvalue weighted by molar-refractivity contribution is -0.0000155. The van der Waals surface area contributed by atoms with E-state index in [-0.39, 0.29) is 23.9 Å². The molecule has 0 bridgehead atoms. The first-order chi connectivity index (χ1) is 15.6. The van der Waals surface area contributed by atoms with E-state index in [9.17, 15) is 4.79 Å². The monoisotopic (exact) mass is 486 g/mol. The van der Waals surface area contributed by atoms with Crippen LogP contribution >= 0.6 is 11.6 Å². The number of rotatable bonds is 9. The summed E-state index contributed by atoms with van der Waals surface area (Å²) in [6.45, 7) is 1.84. The molecule has 0 spiro atoms. The van der Waals surface area contributed by atoms with E-state index >= 15 is 0 Å². The summed E-state index contributed by atoms with van der Waals surface area (Å²) in [4.78, 5) is 12.0. The molecule has 1 aromatic heterocycles. The molecule has 3 aromatic carbocycles. The standard InChI is InChI=1S/C23H22ClN5O3.ClH/c24-19-8-4-2-6-16(19)14-31-20-10-9-15-5-1-3-7-17(15)18(20)13-26-11-12-27-23(30)21-22(25)29-32-28-21;/h1-10,26H,11-14H2,(H2,25,29)(H,27,30);1H/p-1. The number of fused-ring (bicyclic) bond motifs is 1.